The first-order chi connectivity index (χ1) is 10.1. The van der Waals surface area contributed by atoms with Crippen molar-refractivity contribution in [1.29, 1.82) is 0 Å². The van der Waals surface area contributed by atoms with Gasteiger partial charge in [-0.3, -0.25) is 4.79 Å². The molecule has 0 radical (unpaired) electrons. The predicted molar refractivity (Wildman–Crippen MR) is 84.3 cm³/mol. The smallest absolute Gasteiger partial charge is 0.223 e. The molecule has 0 aromatic heterocycles. The number of hydrogen-bond donors (Lipinski definition) is 2. The first kappa shape index (κ1) is 15.2. The standard InChI is InChI=1S/C16H17ClN2O2/c17-13-3-1-2-12(10-13)11-19-16(20)8-9-21-15-6-4-14(18)5-7-15/h1-7,10H,8-9,11,18H2,(H,19,20). The van der Waals surface area contributed by atoms with Crippen molar-refractivity contribution in [3.8, 4) is 5.75 Å². The van der Waals surface area contributed by atoms with Crippen molar-refractivity contribution in [2.75, 3.05) is 12.3 Å². The number of amides is 1. The number of nitrogens with two attached hydrogens (primary N) is 1. The molecule has 3 N–H and O–H groups in total. The molecule has 0 aliphatic rings. The van der Waals surface area contributed by atoms with Crippen LogP contribution in [-0.2, 0) is 11.3 Å². The monoisotopic (exact) mass is 304 g/mol. The molecule has 0 bridgehead atoms. The van der Waals surface area contributed by atoms with Gasteiger partial charge in [0, 0.05) is 17.3 Å². The average Bonchev–Trinajstić information content (AvgIpc) is 2.47. The number of ether oxygens (including phenoxy) is 1. The van der Waals surface area contributed by atoms with E-state index in [1.807, 2.05) is 18.2 Å². The molecule has 0 saturated heterocycles. The summed E-state index contributed by atoms with van der Waals surface area (Å²) in [7, 11) is 0. The molecule has 0 heterocycles. The largest absolute Gasteiger partial charge is 0.493 e. The molecule has 2 rings (SSSR count). The number of carbonyl (C=O) groups excluding carboxylic acids is 1. The van der Waals surface area contributed by atoms with E-state index in [0.29, 0.717) is 36.0 Å². The number of benzene rings is 2. The normalized spacial score (nSPS) is 10.1. The van der Waals surface area contributed by atoms with Gasteiger partial charge in [0.1, 0.15) is 5.75 Å². The number of carbonyl (C=O) groups is 1. The molecule has 0 atom stereocenters. The van der Waals surface area contributed by atoms with Crippen LogP contribution in [0.3, 0.4) is 0 Å². The lowest BCUT2D eigenvalue weighted by molar-refractivity contribution is -0.121. The SMILES string of the molecule is Nc1ccc(OCCC(=O)NCc2cccc(Cl)c2)cc1. The molecule has 2 aromatic carbocycles. The number of halogens is 1. The van der Waals surface area contributed by atoms with E-state index in [4.69, 9.17) is 22.1 Å². The van der Waals surface area contributed by atoms with Crippen molar-refractivity contribution in [2.45, 2.75) is 13.0 Å². The van der Waals surface area contributed by atoms with Crippen molar-refractivity contribution in [1.82, 2.24) is 5.32 Å². The fourth-order valence-corrected chi connectivity index (χ4v) is 1.97. The molecule has 0 unspecified atom stereocenters. The van der Waals surface area contributed by atoms with Crippen LogP contribution in [0.15, 0.2) is 48.5 Å². The zero-order valence-corrected chi connectivity index (χ0v) is 12.3. The molecular weight excluding hydrogens is 288 g/mol. The molecule has 1 amide bonds. The summed E-state index contributed by atoms with van der Waals surface area (Å²) >= 11 is 5.88. The highest BCUT2D eigenvalue weighted by Crippen LogP contribution is 2.13. The van der Waals surface area contributed by atoms with Crippen LogP contribution in [0.5, 0.6) is 5.75 Å². The molecule has 0 aliphatic carbocycles. The van der Waals surface area contributed by atoms with Crippen molar-refractivity contribution in [2.24, 2.45) is 0 Å². The lowest BCUT2D eigenvalue weighted by Gasteiger charge is -2.08. The topological polar surface area (TPSA) is 64.3 Å². The number of hydrogen-bond acceptors (Lipinski definition) is 3. The Bertz CT molecular complexity index is 599. The summed E-state index contributed by atoms with van der Waals surface area (Å²) in [6.45, 7) is 0.784. The highest BCUT2D eigenvalue weighted by Gasteiger charge is 2.02. The van der Waals surface area contributed by atoms with Crippen LogP contribution in [0, 0.1) is 0 Å². The molecule has 2 aromatic rings. The third kappa shape index (κ3) is 5.36. The Morgan fingerprint density at radius 1 is 1.19 bits per heavy atom. The summed E-state index contributed by atoms with van der Waals surface area (Å²) in [5, 5.41) is 3.48. The Morgan fingerprint density at radius 2 is 1.95 bits per heavy atom. The molecule has 4 nitrogen and oxygen atoms in total. The highest BCUT2D eigenvalue weighted by atomic mass is 35.5. The molecule has 21 heavy (non-hydrogen) atoms. The average molecular weight is 305 g/mol. The quantitative estimate of drug-likeness (QED) is 0.806. The second kappa shape index (κ2) is 7.55. The zero-order chi connectivity index (χ0) is 15.1. The molecule has 5 heteroatoms. The maximum absolute atomic E-state index is 11.7. The first-order valence-electron chi connectivity index (χ1n) is 6.63. The van der Waals surface area contributed by atoms with Gasteiger partial charge >= 0.3 is 0 Å². The minimum atomic E-state index is -0.0644. The van der Waals surface area contributed by atoms with Crippen LogP contribution in [0.4, 0.5) is 5.69 Å². The number of nitrogens with one attached hydrogen (secondary N) is 1. The van der Waals surface area contributed by atoms with Crippen LogP contribution >= 0.6 is 11.6 Å². The maximum atomic E-state index is 11.7. The second-order valence-corrected chi connectivity index (χ2v) is 5.01. The van der Waals surface area contributed by atoms with Gasteiger partial charge in [0.25, 0.3) is 0 Å². The van der Waals surface area contributed by atoms with Crippen LogP contribution < -0.4 is 15.8 Å². The summed E-state index contributed by atoms with van der Waals surface area (Å²) in [6.07, 6.45) is 0.297. The Kier molecular flexibility index (Phi) is 5.46. The fourth-order valence-electron chi connectivity index (χ4n) is 1.76. The van der Waals surface area contributed by atoms with E-state index in [9.17, 15) is 4.79 Å². The van der Waals surface area contributed by atoms with E-state index in [-0.39, 0.29) is 5.91 Å². The maximum Gasteiger partial charge on any atom is 0.223 e. The van der Waals surface area contributed by atoms with Crippen molar-refractivity contribution < 1.29 is 9.53 Å². The van der Waals surface area contributed by atoms with Gasteiger partial charge in [-0.15, -0.1) is 0 Å². The van der Waals surface area contributed by atoms with Gasteiger partial charge in [-0.2, -0.15) is 0 Å². The van der Waals surface area contributed by atoms with Crippen LogP contribution in [0.1, 0.15) is 12.0 Å². The molecule has 0 aliphatic heterocycles. The van der Waals surface area contributed by atoms with Crippen molar-refractivity contribution in [3.63, 3.8) is 0 Å². The predicted octanol–water partition coefficient (Wildman–Crippen LogP) is 3.01. The van der Waals surface area contributed by atoms with Gasteiger partial charge in [-0.25, -0.2) is 0 Å². The van der Waals surface area contributed by atoms with Gasteiger partial charge in [-0.05, 0) is 42.0 Å². The van der Waals surface area contributed by atoms with Crippen molar-refractivity contribution >= 4 is 23.2 Å². The third-order valence-electron chi connectivity index (χ3n) is 2.86. The third-order valence-corrected chi connectivity index (χ3v) is 3.09. The Hall–Kier alpha value is -2.20. The van der Waals surface area contributed by atoms with Crippen LogP contribution in [0.25, 0.3) is 0 Å². The Morgan fingerprint density at radius 3 is 2.67 bits per heavy atom. The van der Waals surface area contributed by atoms with Crippen LogP contribution in [-0.4, -0.2) is 12.5 Å². The highest BCUT2D eigenvalue weighted by molar-refractivity contribution is 6.30. The summed E-state index contributed by atoms with van der Waals surface area (Å²) in [4.78, 5) is 11.7. The Labute approximate surface area is 128 Å². The summed E-state index contributed by atoms with van der Waals surface area (Å²) in [6, 6.07) is 14.5. The van der Waals surface area contributed by atoms with E-state index in [1.54, 1.807) is 30.3 Å². The number of anilines is 1. The summed E-state index contributed by atoms with van der Waals surface area (Å²) in [5.74, 6) is 0.636. The summed E-state index contributed by atoms with van der Waals surface area (Å²) < 4.78 is 5.47. The first-order valence-corrected chi connectivity index (χ1v) is 7.01. The minimum Gasteiger partial charge on any atom is -0.493 e. The van der Waals surface area contributed by atoms with E-state index >= 15 is 0 Å². The van der Waals surface area contributed by atoms with Gasteiger partial charge < -0.3 is 15.8 Å². The van der Waals surface area contributed by atoms with Gasteiger partial charge in [0.05, 0.1) is 13.0 Å². The molecule has 110 valence electrons. The van der Waals surface area contributed by atoms with E-state index in [2.05, 4.69) is 5.32 Å². The molecular formula is C16H17ClN2O2. The molecule has 0 fully saturated rings. The lowest BCUT2D eigenvalue weighted by atomic mass is 10.2. The van der Waals surface area contributed by atoms with Crippen LogP contribution in [0.2, 0.25) is 5.02 Å². The van der Waals surface area contributed by atoms with E-state index in [0.717, 1.165) is 5.56 Å². The van der Waals surface area contributed by atoms with Gasteiger partial charge in [-0.1, -0.05) is 23.7 Å². The number of rotatable bonds is 6. The Balaban J connectivity index is 1.69. The second-order valence-electron chi connectivity index (χ2n) is 4.57. The molecule has 0 spiro atoms. The van der Waals surface area contributed by atoms with E-state index < -0.39 is 0 Å². The zero-order valence-electron chi connectivity index (χ0n) is 11.5. The minimum absolute atomic E-state index is 0.0644. The van der Waals surface area contributed by atoms with Crippen molar-refractivity contribution in [3.05, 3.63) is 59.1 Å². The summed E-state index contributed by atoms with van der Waals surface area (Å²) in [5.41, 5.74) is 7.23. The van der Waals surface area contributed by atoms with Gasteiger partial charge in [0.15, 0.2) is 0 Å². The molecule has 0 saturated carbocycles. The van der Waals surface area contributed by atoms with Gasteiger partial charge in [0.2, 0.25) is 5.91 Å². The lowest BCUT2D eigenvalue weighted by Crippen LogP contribution is -2.24. The fraction of sp³-hybridized carbons (Fsp3) is 0.188. The van der Waals surface area contributed by atoms with E-state index in [1.165, 1.54) is 0 Å². The number of nitrogen functional groups attached to an aromatic ring is 1.